The van der Waals surface area contributed by atoms with Crippen LogP contribution in [0.2, 0.25) is 0 Å². The zero-order chi connectivity index (χ0) is 46.8. The number of hydrogen-bond donors (Lipinski definition) is 0. The van der Waals surface area contributed by atoms with Gasteiger partial charge in [0.1, 0.15) is 0 Å². The number of fused-ring (bicyclic) bond motifs is 7. The molecule has 9 aromatic carbocycles. The SMILES string of the molecule is CC1(C)c2ccccc2-c2ccc(N(C3=CCCC=C3)c3ccc(N(c4ccccc4)C4C=c5ccccc5=CC4)c(-c4ccc5c(c4)c4ccccc4n5-c4ccc(-c5ccccc5)cc4)c3)cc21. The molecule has 0 fully saturated rings. The molecule has 0 bridgehead atoms. The van der Waals surface area contributed by atoms with E-state index in [9.17, 15) is 0 Å². The number of nitrogens with zero attached hydrogens (tertiary/aromatic N) is 3. The van der Waals surface area contributed by atoms with Gasteiger partial charge in [0, 0.05) is 55.9 Å². The number of allylic oxidation sites excluding steroid dienone is 3. The molecule has 336 valence electrons. The van der Waals surface area contributed by atoms with Gasteiger partial charge >= 0.3 is 0 Å². The third-order valence-corrected chi connectivity index (χ3v) is 15.1. The van der Waals surface area contributed by atoms with E-state index >= 15 is 0 Å². The highest BCUT2D eigenvalue weighted by Crippen LogP contribution is 2.51. The maximum absolute atomic E-state index is 2.58. The first-order chi connectivity index (χ1) is 34.5. The van der Waals surface area contributed by atoms with E-state index in [2.05, 4.69) is 271 Å². The summed E-state index contributed by atoms with van der Waals surface area (Å²) in [6.45, 7) is 4.75. The summed E-state index contributed by atoms with van der Waals surface area (Å²) in [6, 6.07) is 78.9. The Kier molecular flexibility index (Phi) is 10.1. The zero-order valence-corrected chi connectivity index (χ0v) is 39.6. The summed E-state index contributed by atoms with van der Waals surface area (Å²) in [6.07, 6.45) is 14.9. The van der Waals surface area contributed by atoms with Crippen LogP contribution in [0.5, 0.6) is 0 Å². The average molecular weight is 900 g/mol. The van der Waals surface area contributed by atoms with Gasteiger partial charge in [0.05, 0.1) is 17.1 Å². The van der Waals surface area contributed by atoms with E-state index < -0.39 is 0 Å². The largest absolute Gasteiger partial charge is 0.334 e. The molecular formula is C67H53N3. The lowest BCUT2D eigenvalue weighted by Crippen LogP contribution is -2.38. The van der Waals surface area contributed by atoms with Crippen molar-refractivity contribution in [2.45, 2.75) is 44.6 Å². The highest BCUT2D eigenvalue weighted by molar-refractivity contribution is 6.11. The van der Waals surface area contributed by atoms with Gasteiger partial charge in [-0.05, 0) is 148 Å². The Bertz CT molecular complexity index is 3840. The molecule has 0 N–H and O–H groups in total. The van der Waals surface area contributed by atoms with E-state index in [1.807, 2.05) is 0 Å². The second kappa shape index (κ2) is 17.0. The summed E-state index contributed by atoms with van der Waals surface area (Å²) in [4.78, 5) is 5.07. The summed E-state index contributed by atoms with van der Waals surface area (Å²) in [5, 5.41) is 5.03. The number of para-hydroxylation sites is 2. The molecule has 10 aromatic rings. The van der Waals surface area contributed by atoms with Crippen LogP contribution in [0.3, 0.4) is 0 Å². The molecule has 3 aliphatic rings. The quantitative estimate of drug-likeness (QED) is 0.143. The third-order valence-electron chi connectivity index (χ3n) is 15.1. The molecule has 0 saturated heterocycles. The molecule has 0 saturated carbocycles. The Labute approximate surface area is 410 Å². The first-order valence-corrected chi connectivity index (χ1v) is 24.8. The van der Waals surface area contributed by atoms with Gasteiger partial charge < -0.3 is 14.4 Å². The van der Waals surface area contributed by atoms with Crippen LogP contribution in [0.4, 0.5) is 22.7 Å². The van der Waals surface area contributed by atoms with Crippen molar-refractivity contribution in [3.63, 3.8) is 0 Å². The summed E-state index contributed by atoms with van der Waals surface area (Å²) >= 11 is 0. The van der Waals surface area contributed by atoms with Crippen LogP contribution >= 0.6 is 0 Å². The van der Waals surface area contributed by atoms with E-state index in [1.165, 1.54) is 93.8 Å². The lowest BCUT2D eigenvalue weighted by Gasteiger charge is -2.35. The first kappa shape index (κ1) is 41.8. The Morgan fingerprint density at radius 1 is 0.471 bits per heavy atom. The highest BCUT2D eigenvalue weighted by atomic mass is 15.2. The number of benzene rings is 9. The predicted octanol–water partition coefficient (Wildman–Crippen LogP) is 16.0. The molecule has 0 spiro atoms. The lowest BCUT2D eigenvalue weighted by atomic mass is 9.82. The van der Waals surface area contributed by atoms with Crippen molar-refractivity contribution in [2.75, 3.05) is 9.80 Å². The molecule has 3 nitrogen and oxygen atoms in total. The minimum absolute atomic E-state index is 0.0899. The molecule has 1 unspecified atom stereocenters. The molecule has 1 heterocycles. The van der Waals surface area contributed by atoms with Gasteiger partial charge in [-0.25, -0.2) is 0 Å². The van der Waals surface area contributed by atoms with Gasteiger partial charge in [0.2, 0.25) is 0 Å². The van der Waals surface area contributed by atoms with Crippen molar-refractivity contribution in [1.29, 1.82) is 0 Å². The first-order valence-electron chi connectivity index (χ1n) is 24.8. The van der Waals surface area contributed by atoms with Crippen LogP contribution in [0, 0.1) is 0 Å². The maximum atomic E-state index is 2.58. The van der Waals surface area contributed by atoms with E-state index in [0.29, 0.717) is 0 Å². The molecular weight excluding hydrogens is 847 g/mol. The number of hydrogen-bond acceptors (Lipinski definition) is 2. The Morgan fingerprint density at radius 2 is 1.14 bits per heavy atom. The second-order valence-corrected chi connectivity index (χ2v) is 19.6. The van der Waals surface area contributed by atoms with Crippen LogP contribution < -0.4 is 20.2 Å². The van der Waals surface area contributed by atoms with E-state index in [1.54, 1.807) is 0 Å². The normalized spacial score (nSPS) is 15.3. The minimum Gasteiger partial charge on any atom is -0.334 e. The van der Waals surface area contributed by atoms with Crippen LogP contribution in [-0.2, 0) is 5.41 Å². The van der Waals surface area contributed by atoms with E-state index in [0.717, 1.165) is 36.3 Å². The van der Waals surface area contributed by atoms with E-state index in [4.69, 9.17) is 0 Å². The van der Waals surface area contributed by atoms with Gasteiger partial charge in [-0.1, -0.05) is 178 Å². The van der Waals surface area contributed by atoms with Crippen molar-refractivity contribution in [3.05, 3.63) is 258 Å². The fourth-order valence-electron chi connectivity index (χ4n) is 11.6. The lowest BCUT2D eigenvalue weighted by molar-refractivity contribution is 0.660. The Hall–Kier alpha value is -8.40. The molecule has 3 aliphatic carbocycles. The van der Waals surface area contributed by atoms with Crippen LogP contribution in [-0.4, -0.2) is 10.6 Å². The number of aromatic nitrogens is 1. The topological polar surface area (TPSA) is 11.4 Å². The fourth-order valence-corrected chi connectivity index (χ4v) is 11.6. The van der Waals surface area contributed by atoms with Gasteiger partial charge in [-0.15, -0.1) is 0 Å². The van der Waals surface area contributed by atoms with Crippen LogP contribution in [0.1, 0.15) is 44.2 Å². The van der Waals surface area contributed by atoms with Crippen LogP contribution in [0.15, 0.2) is 236 Å². The van der Waals surface area contributed by atoms with Crippen molar-refractivity contribution in [1.82, 2.24) is 4.57 Å². The number of rotatable bonds is 9. The smallest absolute Gasteiger partial charge is 0.0566 e. The average Bonchev–Trinajstić information content (AvgIpc) is 3.87. The van der Waals surface area contributed by atoms with E-state index in [-0.39, 0.29) is 11.5 Å². The molecule has 3 heteroatoms. The molecule has 13 rings (SSSR count). The van der Waals surface area contributed by atoms with Crippen LogP contribution in [0.25, 0.3) is 73.0 Å². The molecule has 0 amide bonds. The molecule has 0 radical (unpaired) electrons. The van der Waals surface area contributed by atoms with Crippen molar-refractivity contribution < 1.29 is 0 Å². The molecule has 1 atom stereocenters. The maximum Gasteiger partial charge on any atom is 0.0566 e. The van der Waals surface area contributed by atoms with Crippen molar-refractivity contribution in [3.8, 4) is 39.1 Å². The minimum atomic E-state index is -0.125. The third kappa shape index (κ3) is 7.03. The Balaban J connectivity index is 1.02. The summed E-state index contributed by atoms with van der Waals surface area (Å²) in [7, 11) is 0. The molecule has 1 aromatic heterocycles. The van der Waals surface area contributed by atoms with Gasteiger partial charge in [-0.2, -0.15) is 0 Å². The van der Waals surface area contributed by atoms with Gasteiger partial charge in [0.25, 0.3) is 0 Å². The number of anilines is 4. The fraction of sp³-hybridized carbons (Fsp3) is 0.104. The monoisotopic (exact) mass is 899 g/mol. The summed E-state index contributed by atoms with van der Waals surface area (Å²) in [5.41, 5.74) is 19.4. The summed E-state index contributed by atoms with van der Waals surface area (Å²) < 4.78 is 2.43. The Morgan fingerprint density at radius 3 is 1.97 bits per heavy atom. The van der Waals surface area contributed by atoms with Crippen molar-refractivity contribution >= 4 is 56.7 Å². The predicted molar refractivity (Wildman–Crippen MR) is 296 cm³/mol. The second-order valence-electron chi connectivity index (χ2n) is 19.6. The highest BCUT2D eigenvalue weighted by Gasteiger charge is 2.36. The molecule has 70 heavy (non-hydrogen) atoms. The van der Waals surface area contributed by atoms with Crippen molar-refractivity contribution in [2.24, 2.45) is 0 Å². The summed E-state index contributed by atoms with van der Waals surface area (Å²) in [5.74, 6) is 0. The van der Waals surface area contributed by atoms with Gasteiger partial charge in [-0.3, -0.25) is 0 Å². The molecule has 0 aliphatic heterocycles. The standard InChI is InChI=1S/C67H53N3/c1-67(2)62-28-16-14-26-57(62)58-39-37-56(45-63(58)67)68(51-22-8-4-9-23-51)55-38-41-65(69(52-24-10-5-11-25-52)54-36-32-47-20-12-13-21-49(47)42-54)60(44-55)50-33-40-66-61(43-50)59-27-15-17-29-64(59)70(66)53-34-30-48(31-35-53)46-18-6-3-7-19-46/h3,5-8,10-35,37-45,54H,4,9,36H2,1-2H3. The van der Waals surface area contributed by atoms with Gasteiger partial charge in [0.15, 0.2) is 0 Å². The zero-order valence-electron chi connectivity index (χ0n) is 39.6.